The van der Waals surface area contributed by atoms with E-state index in [1.54, 1.807) is 12.1 Å². The summed E-state index contributed by atoms with van der Waals surface area (Å²) in [4.78, 5) is 16.9. The molecule has 0 aliphatic carbocycles. The molecule has 0 spiro atoms. The first kappa shape index (κ1) is 16.1. The number of pyridine rings is 1. The molecular weight excluding hydrogens is 303 g/mol. The largest absolute Gasteiger partial charge is 0.352 e. The zero-order valence-electron chi connectivity index (χ0n) is 13.8. The number of aryl methyl sites for hydroxylation is 2. The van der Waals surface area contributed by atoms with Gasteiger partial charge >= 0.3 is 0 Å². The van der Waals surface area contributed by atoms with Gasteiger partial charge < -0.3 is 5.32 Å². The zero-order chi connectivity index (χ0) is 17.1. The SMILES string of the molecule is Cc1ccc2nc(C)c(C(=O)NCCc3ccc(F)cc3)cc2c1. The van der Waals surface area contributed by atoms with Gasteiger partial charge in [0.1, 0.15) is 5.82 Å². The third-order valence-corrected chi connectivity index (χ3v) is 4.02. The fraction of sp³-hybridized carbons (Fsp3) is 0.200. The molecule has 0 radical (unpaired) electrons. The Labute approximate surface area is 140 Å². The summed E-state index contributed by atoms with van der Waals surface area (Å²) >= 11 is 0. The summed E-state index contributed by atoms with van der Waals surface area (Å²) in [5.74, 6) is -0.388. The van der Waals surface area contributed by atoms with Crippen molar-refractivity contribution in [1.29, 1.82) is 0 Å². The molecule has 0 aliphatic heterocycles. The molecule has 0 bridgehead atoms. The van der Waals surface area contributed by atoms with Crippen molar-refractivity contribution >= 4 is 16.8 Å². The number of hydrogen-bond donors (Lipinski definition) is 1. The van der Waals surface area contributed by atoms with E-state index in [9.17, 15) is 9.18 Å². The quantitative estimate of drug-likeness (QED) is 0.790. The molecule has 3 nitrogen and oxygen atoms in total. The highest BCUT2D eigenvalue weighted by molar-refractivity contribution is 5.98. The summed E-state index contributed by atoms with van der Waals surface area (Å²) in [7, 11) is 0. The van der Waals surface area contributed by atoms with Crippen LogP contribution in [-0.4, -0.2) is 17.4 Å². The lowest BCUT2D eigenvalue weighted by Gasteiger charge is -2.09. The van der Waals surface area contributed by atoms with Gasteiger partial charge in [-0.3, -0.25) is 9.78 Å². The summed E-state index contributed by atoms with van der Waals surface area (Å²) in [5, 5.41) is 3.87. The van der Waals surface area contributed by atoms with Gasteiger partial charge in [0.05, 0.1) is 16.8 Å². The molecule has 3 aromatic rings. The van der Waals surface area contributed by atoms with Crippen molar-refractivity contribution in [2.75, 3.05) is 6.54 Å². The maximum atomic E-state index is 12.9. The Bertz CT molecular complexity index is 888. The number of carbonyl (C=O) groups excluding carboxylic acids is 1. The number of hydrogen-bond acceptors (Lipinski definition) is 2. The average Bonchev–Trinajstić information content (AvgIpc) is 2.56. The third-order valence-electron chi connectivity index (χ3n) is 4.02. The van der Waals surface area contributed by atoms with Crippen molar-refractivity contribution in [3.8, 4) is 0 Å². The van der Waals surface area contributed by atoms with Gasteiger partial charge in [-0.1, -0.05) is 23.8 Å². The first-order valence-electron chi connectivity index (χ1n) is 7.93. The van der Waals surface area contributed by atoms with Crippen LogP contribution < -0.4 is 5.32 Å². The topological polar surface area (TPSA) is 42.0 Å². The fourth-order valence-electron chi connectivity index (χ4n) is 2.69. The molecule has 1 N–H and O–H groups in total. The van der Waals surface area contributed by atoms with E-state index in [4.69, 9.17) is 0 Å². The Kier molecular flexibility index (Phi) is 4.56. The number of rotatable bonds is 4. The van der Waals surface area contributed by atoms with Gasteiger partial charge in [-0.15, -0.1) is 0 Å². The van der Waals surface area contributed by atoms with E-state index in [0.717, 1.165) is 22.0 Å². The van der Waals surface area contributed by atoms with Gasteiger partial charge in [0.2, 0.25) is 0 Å². The molecule has 122 valence electrons. The highest BCUT2D eigenvalue weighted by atomic mass is 19.1. The van der Waals surface area contributed by atoms with Gasteiger partial charge in [-0.2, -0.15) is 0 Å². The van der Waals surface area contributed by atoms with E-state index in [2.05, 4.69) is 10.3 Å². The van der Waals surface area contributed by atoms with Gasteiger partial charge in [-0.25, -0.2) is 4.39 Å². The van der Waals surface area contributed by atoms with Crippen molar-refractivity contribution < 1.29 is 9.18 Å². The number of nitrogens with zero attached hydrogens (tertiary/aromatic N) is 1. The first-order valence-corrected chi connectivity index (χ1v) is 7.93. The van der Waals surface area contributed by atoms with Crippen LogP contribution in [0.1, 0.15) is 27.2 Å². The van der Waals surface area contributed by atoms with Crippen LogP contribution in [0.15, 0.2) is 48.5 Å². The minimum Gasteiger partial charge on any atom is -0.352 e. The highest BCUT2D eigenvalue weighted by Gasteiger charge is 2.11. The molecule has 0 fully saturated rings. The normalized spacial score (nSPS) is 10.8. The van der Waals surface area contributed by atoms with Crippen LogP contribution in [0, 0.1) is 19.7 Å². The third kappa shape index (κ3) is 3.59. The van der Waals surface area contributed by atoms with E-state index >= 15 is 0 Å². The van der Waals surface area contributed by atoms with Crippen molar-refractivity contribution in [2.45, 2.75) is 20.3 Å². The molecule has 0 saturated heterocycles. The monoisotopic (exact) mass is 322 g/mol. The molecule has 0 saturated carbocycles. The van der Waals surface area contributed by atoms with Crippen LogP contribution in [0.25, 0.3) is 10.9 Å². The minimum absolute atomic E-state index is 0.134. The smallest absolute Gasteiger partial charge is 0.253 e. The summed E-state index contributed by atoms with van der Waals surface area (Å²) in [6.07, 6.45) is 0.658. The van der Waals surface area contributed by atoms with E-state index in [0.29, 0.717) is 24.2 Å². The van der Waals surface area contributed by atoms with E-state index < -0.39 is 0 Å². The van der Waals surface area contributed by atoms with Crippen LogP contribution in [0.3, 0.4) is 0 Å². The second-order valence-corrected chi connectivity index (χ2v) is 5.95. The fourth-order valence-corrected chi connectivity index (χ4v) is 2.69. The molecule has 4 heteroatoms. The Balaban J connectivity index is 1.71. The van der Waals surface area contributed by atoms with Gasteiger partial charge in [0.15, 0.2) is 0 Å². The number of benzene rings is 2. The lowest BCUT2D eigenvalue weighted by atomic mass is 10.1. The van der Waals surface area contributed by atoms with Crippen molar-refractivity contribution in [3.05, 3.63) is 76.7 Å². The molecule has 0 unspecified atom stereocenters. The lowest BCUT2D eigenvalue weighted by Crippen LogP contribution is -2.26. The zero-order valence-corrected chi connectivity index (χ0v) is 13.8. The molecule has 0 aliphatic rings. The van der Waals surface area contributed by atoms with Crippen LogP contribution >= 0.6 is 0 Å². The molecule has 1 aromatic heterocycles. The van der Waals surface area contributed by atoms with E-state index in [1.807, 2.05) is 38.1 Å². The second-order valence-electron chi connectivity index (χ2n) is 5.95. The molecule has 0 atom stereocenters. The van der Waals surface area contributed by atoms with Crippen LogP contribution in [-0.2, 0) is 6.42 Å². The molecule has 1 heterocycles. The van der Waals surface area contributed by atoms with E-state index in [-0.39, 0.29) is 11.7 Å². The van der Waals surface area contributed by atoms with Crippen molar-refractivity contribution in [1.82, 2.24) is 10.3 Å². The Morgan fingerprint density at radius 2 is 1.83 bits per heavy atom. The molecule has 1 amide bonds. The predicted molar refractivity (Wildman–Crippen MR) is 93.7 cm³/mol. The number of aromatic nitrogens is 1. The summed E-state index contributed by atoms with van der Waals surface area (Å²) < 4.78 is 12.9. The van der Waals surface area contributed by atoms with Gasteiger partial charge in [0.25, 0.3) is 5.91 Å². The van der Waals surface area contributed by atoms with Crippen molar-refractivity contribution in [3.63, 3.8) is 0 Å². The lowest BCUT2D eigenvalue weighted by molar-refractivity contribution is 0.0953. The summed E-state index contributed by atoms with van der Waals surface area (Å²) in [5.41, 5.74) is 4.32. The maximum absolute atomic E-state index is 12.9. The number of fused-ring (bicyclic) bond motifs is 1. The Morgan fingerprint density at radius 3 is 2.58 bits per heavy atom. The number of carbonyl (C=O) groups is 1. The van der Waals surface area contributed by atoms with Crippen LogP contribution in [0.4, 0.5) is 4.39 Å². The van der Waals surface area contributed by atoms with Crippen LogP contribution in [0.2, 0.25) is 0 Å². The Morgan fingerprint density at radius 1 is 1.08 bits per heavy atom. The first-order chi connectivity index (χ1) is 11.5. The maximum Gasteiger partial charge on any atom is 0.253 e. The van der Waals surface area contributed by atoms with Gasteiger partial charge in [0, 0.05) is 11.9 Å². The number of halogens is 1. The second kappa shape index (κ2) is 6.79. The van der Waals surface area contributed by atoms with Gasteiger partial charge in [-0.05, 0) is 56.2 Å². The number of nitrogens with one attached hydrogen (secondary N) is 1. The molecule has 24 heavy (non-hydrogen) atoms. The minimum atomic E-state index is -0.254. The van der Waals surface area contributed by atoms with E-state index in [1.165, 1.54) is 12.1 Å². The Hall–Kier alpha value is -2.75. The summed E-state index contributed by atoms with van der Waals surface area (Å²) in [6, 6.07) is 14.2. The van der Waals surface area contributed by atoms with Crippen molar-refractivity contribution in [2.24, 2.45) is 0 Å². The van der Waals surface area contributed by atoms with Crippen LogP contribution in [0.5, 0.6) is 0 Å². The number of amides is 1. The molecular formula is C20H19FN2O. The summed E-state index contributed by atoms with van der Waals surface area (Å²) in [6.45, 7) is 4.35. The molecule has 2 aromatic carbocycles. The average molecular weight is 322 g/mol. The standard InChI is InChI=1S/C20H19FN2O/c1-13-3-8-19-16(11-13)12-18(14(2)23-19)20(24)22-10-9-15-4-6-17(21)7-5-15/h3-8,11-12H,9-10H2,1-2H3,(H,22,24). The predicted octanol–water partition coefficient (Wildman–Crippen LogP) is 3.96. The highest BCUT2D eigenvalue weighted by Crippen LogP contribution is 2.18. The molecule has 3 rings (SSSR count).